The van der Waals surface area contributed by atoms with Crippen molar-refractivity contribution in [2.24, 2.45) is 0 Å². The molecule has 0 saturated heterocycles. The molecule has 2 N–H and O–H groups in total. The van der Waals surface area contributed by atoms with Gasteiger partial charge >= 0.3 is 0 Å². The number of carbonyl (C=O) groups is 1. The average molecular weight is 230 g/mol. The SMILES string of the molecule is O=C(CC1NCCc2ccccc21)NC1CC1. The number of carbonyl (C=O) groups excluding carboxylic acids is 1. The molecule has 1 aromatic carbocycles. The number of amides is 1. The highest BCUT2D eigenvalue weighted by Crippen LogP contribution is 2.26. The fourth-order valence-electron chi connectivity index (χ4n) is 2.47. The number of fused-ring (bicyclic) bond motifs is 1. The number of rotatable bonds is 3. The summed E-state index contributed by atoms with van der Waals surface area (Å²) in [4.78, 5) is 11.8. The Kier molecular flexibility index (Phi) is 2.85. The second-order valence-corrected chi connectivity index (χ2v) is 5.00. The van der Waals surface area contributed by atoms with Crippen LogP contribution in [-0.4, -0.2) is 18.5 Å². The standard InChI is InChI=1S/C14H18N2O/c17-14(16-11-5-6-11)9-13-12-4-2-1-3-10(12)7-8-15-13/h1-4,11,13,15H,5-9H2,(H,16,17). The fourth-order valence-corrected chi connectivity index (χ4v) is 2.47. The largest absolute Gasteiger partial charge is 0.353 e. The molecule has 2 aliphatic rings. The Morgan fingerprint density at radius 2 is 2.18 bits per heavy atom. The van der Waals surface area contributed by atoms with Gasteiger partial charge in [-0.1, -0.05) is 24.3 Å². The van der Waals surface area contributed by atoms with Crippen LogP contribution in [0, 0.1) is 0 Å². The summed E-state index contributed by atoms with van der Waals surface area (Å²) < 4.78 is 0. The first-order valence-corrected chi connectivity index (χ1v) is 6.43. The molecule has 90 valence electrons. The minimum atomic E-state index is 0.182. The molecule has 0 radical (unpaired) electrons. The van der Waals surface area contributed by atoms with E-state index in [9.17, 15) is 4.79 Å². The first kappa shape index (κ1) is 10.8. The molecule has 1 aliphatic carbocycles. The van der Waals surface area contributed by atoms with Gasteiger partial charge in [0.2, 0.25) is 5.91 Å². The lowest BCUT2D eigenvalue weighted by Gasteiger charge is -2.26. The second kappa shape index (κ2) is 4.49. The highest BCUT2D eigenvalue weighted by atomic mass is 16.1. The Balaban J connectivity index is 1.69. The van der Waals surface area contributed by atoms with E-state index in [0.29, 0.717) is 12.5 Å². The summed E-state index contributed by atoms with van der Waals surface area (Å²) in [6.07, 6.45) is 3.94. The molecule has 1 amide bonds. The van der Waals surface area contributed by atoms with Crippen LogP contribution in [0.1, 0.15) is 36.4 Å². The van der Waals surface area contributed by atoms with Gasteiger partial charge in [-0.15, -0.1) is 0 Å². The van der Waals surface area contributed by atoms with Crippen molar-refractivity contribution in [2.45, 2.75) is 37.8 Å². The number of hydrogen-bond donors (Lipinski definition) is 2. The van der Waals surface area contributed by atoms with Gasteiger partial charge in [-0.25, -0.2) is 0 Å². The Hall–Kier alpha value is -1.35. The molecule has 1 heterocycles. The third-order valence-corrected chi connectivity index (χ3v) is 3.55. The van der Waals surface area contributed by atoms with Crippen molar-refractivity contribution in [3.63, 3.8) is 0 Å². The molecule has 3 heteroatoms. The van der Waals surface area contributed by atoms with Crippen LogP contribution in [-0.2, 0) is 11.2 Å². The van der Waals surface area contributed by atoms with Crippen molar-refractivity contribution in [3.05, 3.63) is 35.4 Å². The monoisotopic (exact) mass is 230 g/mol. The van der Waals surface area contributed by atoms with Crippen LogP contribution < -0.4 is 10.6 Å². The Morgan fingerprint density at radius 1 is 1.35 bits per heavy atom. The normalized spacial score (nSPS) is 22.9. The summed E-state index contributed by atoms with van der Waals surface area (Å²) in [6, 6.07) is 9.08. The van der Waals surface area contributed by atoms with E-state index in [-0.39, 0.29) is 11.9 Å². The summed E-state index contributed by atoms with van der Waals surface area (Å²) in [5.41, 5.74) is 2.68. The van der Waals surface area contributed by atoms with Gasteiger partial charge in [-0.05, 0) is 36.9 Å². The molecule has 3 rings (SSSR count). The van der Waals surface area contributed by atoms with E-state index in [1.165, 1.54) is 11.1 Å². The molecule has 3 nitrogen and oxygen atoms in total. The Bertz CT molecular complexity index is 426. The second-order valence-electron chi connectivity index (χ2n) is 5.00. The molecule has 1 atom stereocenters. The van der Waals surface area contributed by atoms with Gasteiger partial charge in [0.25, 0.3) is 0 Å². The van der Waals surface area contributed by atoms with Crippen molar-refractivity contribution >= 4 is 5.91 Å². The molecule has 0 bridgehead atoms. The summed E-state index contributed by atoms with van der Waals surface area (Å²) in [5.74, 6) is 0.182. The van der Waals surface area contributed by atoms with Gasteiger partial charge < -0.3 is 10.6 Å². The molecule has 1 fully saturated rings. The molecular formula is C14H18N2O. The van der Waals surface area contributed by atoms with Crippen LogP contribution in [0.4, 0.5) is 0 Å². The first-order chi connectivity index (χ1) is 8.33. The van der Waals surface area contributed by atoms with E-state index < -0.39 is 0 Å². The van der Waals surface area contributed by atoms with Crippen molar-refractivity contribution in [1.29, 1.82) is 0 Å². The quantitative estimate of drug-likeness (QED) is 0.827. The van der Waals surface area contributed by atoms with Gasteiger partial charge in [0, 0.05) is 18.5 Å². The van der Waals surface area contributed by atoms with E-state index in [2.05, 4.69) is 34.9 Å². The van der Waals surface area contributed by atoms with Crippen LogP contribution >= 0.6 is 0 Å². The summed E-state index contributed by atoms with van der Waals surface area (Å²) in [6.45, 7) is 0.971. The van der Waals surface area contributed by atoms with Crippen LogP contribution in [0.3, 0.4) is 0 Å². The summed E-state index contributed by atoms with van der Waals surface area (Å²) >= 11 is 0. The minimum Gasteiger partial charge on any atom is -0.353 e. The molecule has 0 spiro atoms. The maximum Gasteiger partial charge on any atom is 0.222 e. The highest BCUT2D eigenvalue weighted by Gasteiger charge is 2.26. The molecule has 1 aromatic rings. The molecular weight excluding hydrogens is 212 g/mol. The smallest absolute Gasteiger partial charge is 0.222 e. The van der Waals surface area contributed by atoms with Crippen LogP contribution in [0.2, 0.25) is 0 Å². The summed E-state index contributed by atoms with van der Waals surface area (Å²) in [5, 5.41) is 6.49. The lowest BCUT2D eigenvalue weighted by molar-refractivity contribution is -0.121. The molecule has 1 aliphatic heterocycles. The van der Waals surface area contributed by atoms with Crippen molar-refractivity contribution in [2.75, 3.05) is 6.54 Å². The van der Waals surface area contributed by atoms with Gasteiger partial charge in [0.05, 0.1) is 0 Å². The molecule has 17 heavy (non-hydrogen) atoms. The zero-order valence-electron chi connectivity index (χ0n) is 9.91. The van der Waals surface area contributed by atoms with Crippen LogP contribution in [0.15, 0.2) is 24.3 Å². The topological polar surface area (TPSA) is 41.1 Å². The predicted molar refractivity (Wildman–Crippen MR) is 66.7 cm³/mol. The van der Waals surface area contributed by atoms with E-state index in [4.69, 9.17) is 0 Å². The van der Waals surface area contributed by atoms with Crippen LogP contribution in [0.5, 0.6) is 0 Å². The van der Waals surface area contributed by atoms with Gasteiger partial charge in [-0.3, -0.25) is 4.79 Å². The highest BCUT2D eigenvalue weighted by molar-refractivity contribution is 5.77. The van der Waals surface area contributed by atoms with Gasteiger partial charge in [0.1, 0.15) is 0 Å². The van der Waals surface area contributed by atoms with Gasteiger partial charge in [0.15, 0.2) is 0 Å². The lowest BCUT2D eigenvalue weighted by Crippen LogP contribution is -2.35. The maximum absolute atomic E-state index is 11.8. The first-order valence-electron chi connectivity index (χ1n) is 6.43. The van der Waals surface area contributed by atoms with Crippen LogP contribution in [0.25, 0.3) is 0 Å². The number of nitrogens with one attached hydrogen (secondary N) is 2. The van der Waals surface area contributed by atoms with E-state index in [1.54, 1.807) is 0 Å². The third kappa shape index (κ3) is 2.50. The molecule has 1 saturated carbocycles. The Labute approximate surface area is 102 Å². The molecule has 0 aromatic heterocycles. The molecule has 1 unspecified atom stereocenters. The van der Waals surface area contributed by atoms with E-state index in [1.807, 2.05) is 0 Å². The van der Waals surface area contributed by atoms with Crippen molar-refractivity contribution in [1.82, 2.24) is 10.6 Å². The minimum absolute atomic E-state index is 0.182. The third-order valence-electron chi connectivity index (χ3n) is 3.55. The fraction of sp³-hybridized carbons (Fsp3) is 0.500. The summed E-state index contributed by atoms with van der Waals surface area (Å²) in [7, 11) is 0. The maximum atomic E-state index is 11.8. The predicted octanol–water partition coefficient (Wildman–Crippen LogP) is 1.54. The van der Waals surface area contributed by atoms with Crippen molar-refractivity contribution in [3.8, 4) is 0 Å². The van der Waals surface area contributed by atoms with Gasteiger partial charge in [-0.2, -0.15) is 0 Å². The Morgan fingerprint density at radius 3 is 3.00 bits per heavy atom. The zero-order valence-corrected chi connectivity index (χ0v) is 9.91. The average Bonchev–Trinajstić information content (AvgIpc) is 3.13. The number of benzene rings is 1. The lowest BCUT2D eigenvalue weighted by atomic mass is 9.92. The van der Waals surface area contributed by atoms with Crippen molar-refractivity contribution < 1.29 is 4.79 Å². The van der Waals surface area contributed by atoms with E-state index >= 15 is 0 Å². The van der Waals surface area contributed by atoms with E-state index in [0.717, 1.165) is 25.8 Å². The number of hydrogen-bond acceptors (Lipinski definition) is 2. The zero-order chi connectivity index (χ0) is 11.7.